The molecule has 0 bridgehead atoms. The predicted molar refractivity (Wildman–Crippen MR) is 93.2 cm³/mol. The number of imide groups is 1. The third kappa shape index (κ3) is 3.31. The first kappa shape index (κ1) is 17.6. The van der Waals surface area contributed by atoms with Gasteiger partial charge in [0, 0.05) is 16.7 Å². The number of benzene rings is 1. The van der Waals surface area contributed by atoms with Crippen LogP contribution in [0.5, 0.6) is 0 Å². The highest BCUT2D eigenvalue weighted by Gasteiger charge is 2.40. The quantitative estimate of drug-likeness (QED) is 0.461. The third-order valence-electron chi connectivity index (χ3n) is 4.16. The van der Waals surface area contributed by atoms with Crippen LogP contribution in [0.3, 0.4) is 0 Å². The second-order valence-electron chi connectivity index (χ2n) is 6.32. The molecule has 1 heterocycles. The number of carbonyl (C=O) groups excluding carboxylic acids is 2. The molecule has 2 aliphatic rings. The van der Waals surface area contributed by atoms with Gasteiger partial charge in [-0.3, -0.25) is 9.59 Å². The van der Waals surface area contributed by atoms with Gasteiger partial charge in [-0.25, -0.2) is 9.29 Å². The Labute approximate surface area is 150 Å². The maximum atomic E-state index is 14.4. The highest BCUT2D eigenvalue weighted by Crippen LogP contribution is 2.37. The van der Waals surface area contributed by atoms with E-state index in [9.17, 15) is 14.0 Å². The van der Waals surface area contributed by atoms with Gasteiger partial charge in [-0.2, -0.15) is 0 Å². The van der Waals surface area contributed by atoms with E-state index in [4.69, 9.17) is 16.4 Å². The Morgan fingerprint density at radius 3 is 2.36 bits per heavy atom. The van der Waals surface area contributed by atoms with Gasteiger partial charge < -0.3 is 4.84 Å². The largest absolute Gasteiger partial charge is 0.393 e. The van der Waals surface area contributed by atoms with Crippen LogP contribution in [0, 0.1) is 5.82 Å². The molecular weight excluding hydrogens is 347 g/mol. The molecule has 1 aromatic carbocycles. The van der Waals surface area contributed by atoms with E-state index in [0.717, 1.165) is 23.8 Å². The van der Waals surface area contributed by atoms with Crippen LogP contribution in [0.1, 0.15) is 45.1 Å². The Morgan fingerprint density at radius 1 is 1.20 bits per heavy atom. The lowest BCUT2D eigenvalue weighted by Gasteiger charge is -2.17. The predicted octanol–water partition coefficient (Wildman–Crippen LogP) is 3.98. The van der Waals surface area contributed by atoms with E-state index in [0.29, 0.717) is 29.6 Å². The second-order valence-corrected chi connectivity index (χ2v) is 6.73. The number of rotatable bonds is 4. The molecule has 2 amide bonds. The molecule has 7 heteroatoms. The Morgan fingerprint density at radius 2 is 1.80 bits per heavy atom. The van der Waals surface area contributed by atoms with Crippen LogP contribution in [0.2, 0.25) is 5.02 Å². The van der Waals surface area contributed by atoms with Crippen LogP contribution in [-0.2, 0) is 14.4 Å². The van der Waals surface area contributed by atoms with E-state index in [2.05, 4.69) is 5.16 Å². The molecule has 132 valence electrons. The number of hydrogen-bond donors (Lipinski definition) is 0. The van der Waals surface area contributed by atoms with Crippen LogP contribution >= 0.6 is 11.6 Å². The first-order valence-corrected chi connectivity index (χ1v) is 8.57. The second kappa shape index (κ2) is 6.96. The van der Waals surface area contributed by atoms with E-state index in [1.165, 1.54) is 12.3 Å². The molecule has 5 nitrogen and oxygen atoms in total. The molecular formula is C18H18ClFN2O3. The third-order valence-corrected chi connectivity index (χ3v) is 4.49. The number of oxime groups is 1. The fourth-order valence-electron chi connectivity index (χ4n) is 2.99. The van der Waals surface area contributed by atoms with Crippen molar-refractivity contribution in [2.75, 3.05) is 4.90 Å². The van der Waals surface area contributed by atoms with Crippen molar-refractivity contribution in [1.82, 2.24) is 0 Å². The lowest BCUT2D eigenvalue weighted by Crippen LogP contribution is -2.32. The molecule has 1 aliphatic heterocycles. The highest BCUT2D eigenvalue weighted by atomic mass is 35.5. The molecule has 0 radical (unpaired) electrons. The van der Waals surface area contributed by atoms with Crippen LogP contribution in [0.15, 0.2) is 28.4 Å². The van der Waals surface area contributed by atoms with Crippen LogP contribution in [0.25, 0.3) is 0 Å². The minimum Gasteiger partial charge on any atom is -0.393 e. The summed E-state index contributed by atoms with van der Waals surface area (Å²) in [7, 11) is 0. The van der Waals surface area contributed by atoms with E-state index in [-0.39, 0.29) is 16.8 Å². The molecule has 0 fully saturated rings. The lowest BCUT2D eigenvalue weighted by atomic mass is 9.93. The number of anilines is 1. The fraction of sp³-hybridized carbons (Fsp3) is 0.389. The molecule has 0 aromatic heterocycles. The molecule has 3 rings (SSSR count). The Hall–Kier alpha value is -2.21. The van der Waals surface area contributed by atoms with Gasteiger partial charge in [-0.05, 0) is 51.7 Å². The Kier molecular flexibility index (Phi) is 4.90. The molecule has 0 unspecified atom stereocenters. The van der Waals surface area contributed by atoms with Gasteiger partial charge in [0.15, 0.2) is 0 Å². The number of amides is 2. The van der Waals surface area contributed by atoms with Gasteiger partial charge in [-0.1, -0.05) is 16.8 Å². The Balaban J connectivity index is 1.96. The van der Waals surface area contributed by atoms with Gasteiger partial charge in [-0.15, -0.1) is 0 Å². The van der Waals surface area contributed by atoms with Gasteiger partial charge in [0.05, 0.1) is 16.9 Å². The maximum absolute atomic E-state index is 14.4. The summed E-state index contributed by atoms with van der Waals surface area (Å²) in [4.78, 5) is 31.2. The zero-order chi connectivity index (χ0) is 18.1. The van der Waals surface area contributed by atoms with Gasteiger partial charge in [0.2, 0.25) is 0 Å². The van der Waals surface area contributed by atoms with E-state index in [1.54, 1.807) is 0 Å². The number of halogens is 2. The number of hydrogen-bond acceptors (Lipinski definition) is 4. The van der Waals surface area contributed by atoms with Crippen molar-refractivity contribution in [3.63, 3.8) is 0 Å². The smallest absolute Gasteiger partial charge is 0.261 e. The molecule has 0 spiro atoms. The topological polar surface area (TPSA) is 59.0 Å². The average molecular weight is 365 g/mol. The van der Waals surface area contributed by atoms with Crippen LogP contribution in [0.4, 0.5) is 10.1 Å². The monoisotopic (exact) mass is 364 g/mol. The van der Waals surface area contributed by atoms with E-state index < -0.39 is 17.6 Å². The fourth-order valence-corrected chi connectivity index (χ4v) is 3.19. The van der Waals surface area contributed by atoms with Crippen molar-refractivity contribution in [3.05, 3.63) is 39.7 Å². The van der Waals surface area contributed by atoms with Crippen molar-refractivity contribution in [1.29, 1.82) is 0 Å². The van der Waals surface area contributed by atoms with Crippen molar-refractivity contribution in [3.8, 4) is 0 Å². The summed E-state index contributed by atoms with van der Waals surface area (Å²) in [5, 5.41) is 3.90. The van der Waals surface area contributed by atoms with Crippen LogP contribution in [-0.4, -0.2) is 24.1 Å². The summed E-state index contributed by atoms with van der Waals surface area (Å²) >= 11 is 6.03. The van der Waals surface area contributed by atoms with Crippen molar-refractivity contribution in [2.24, 2.45) is 5.16 Å². The average Bonchev–Trinajstić information content (AvgIpc) is 2.81. The minimum atomic E-state index is -0.728. The summed E-state index contributed by atoms with van der Waals surface area (Å²) in [5.74, 6) is -1.61. The number of nitrogens with zero attached hydrogens (tertiary/aromatic N) is 2. The lowest BCUT2D eigenvalue weighted by molar-refractivity contribution is -0.120. The van der Waals surface area contributed by atoms with Crippen molar-refractivity contribution >= 4 is 35.3 Å². The van der Waals surface area contributed by atoms with Gasteiger partial charge in [0.1, 0.15) is 11.9 Å². The van der Waals surface area contributed by atoms with Gasteiger partial charge >= 0.3 is 0 Å². The van der Waals surface area contributed by atoms with Crippen molar-refractivity contribution < 1.29 is 18.8 Å². The first-order chi connectivity index (χ1) is 11.9. The molecule has 0 atom stereocenters. The first-order valence-electron chi connectivity index (χ1n) is 8.19. The van der Waals surface area contributed by atoms with E-state index >= 15 is 0 Å². The molecule has 0 N–H and O–H groups in total. The molecule has 0 saturated carbocycles. The summed E-state index contributed by atoms with van der Waals surface area (Å²) in [6.45, 7) is 3.62. The number of carbonyl (C=O) groups is 2. The summed E-state index contributed by atoms with van der Waals surface area (Å²) < 4.78 is 14.4. The van der Waals surface area contributed by atoms with Gasteiger partial charge in [0.25, 0.3) is 11.8 Å². The standard InChI is InChI=1S/C18H18ClFN2O3/c1-10(2)25-21-9-11-7-16(15(20)8-14(11)19)22-17(23)12-5-3-4-6-13(12)18(22)24/h7-10H,3-6H2,1-2H3. The van der Waals surface area contributed by atoms with Crippen LogP contribution < -0.4 is 4.90 Å². The summed E-state index contributed by atoms with van der Waals surface area (Å²) in [5.41, 5.74) is 1.26. The van der Waals surface area contributed by atoms with E-state index in [1.807, 2.05) is 13.8 Å². The molecule has 1 aromatic rings. The summed E-state index contributed by atoms with van der Waals surface area (Å²) in [6, 6.07) is 2.42. The molecule has 25 heavy (non-hydrogen) atoms. The van der Waals surface area contributed by atoms with Crippen molar-refractivity contribution in [2.45, 2.75) is 45.6 Å². The normalized spacial score (nSPS) is 17.9. The SMILES string of the molecule is CC(C)ON=Cc1cc(N2C(=O)C3=C(CCCC3)C2=O)c(F)cc1Cl. The zero-order valence-electron chi connectivity index (χ0n) is 14.0. The minimum absolute atomic E-state index is 0.111. The maximum Gasteiger partial charge on any atom is 0.261 e. The summed E-state index contributed by atoms with van der Waals surface area (Å²) in [6.07, 6.45) is 4.06. The highest BCUT2D eigenvalue weighted by molar-refractivity contribution is 6.35. The molecule has 0 saturated heterocycles. The Bertz CT molecular complexity index is 774. The zero-order valence-corrected chi connectivity index (χ0v) is 14.8. The molecule has 1 aliphatic carbocycles.